The second-order valence-corrected chi connectivity index (χ2v) is 7.57. The van der Waals surface area contributed by atoms with Gasteiger partial charge in [-0.05, 0) is 25.3 Å². The van der Waals surface area contributed by atoms with E-state index < -0.39 is 10.0 Å². The van der Waals surface area contributed by atoms with E-state index in [4.69, 9.17) is 0 Å². The van der Waals surface area contributed by atoms with E-state index in [1.54, 1.807) is 0 Å². The Balaban J connectivity index is 1.85. The first-order valence-corrected chi connectivity index (χ1v) is 9.00. The molecule has 116 valence electrons. The van der Waals surface area contributed by atoms with Crippen molar-refractivity contribution in [2.75, 3.05) is 19.3 Å². The molecule has 21 heavy (non-hydrogen) atoms. The van der Waals surface area contributed by atoms with Crippen LogP contribution in [0.1, 0.15) is 24.0 Å². The van der Waals surface area contributed by atoms with Crippen LogP contribution in [0.2, 0.25) is 0 Å². The molecule has 0 radical (unpaired) electrons. The predicted octanol–water partition coefficient (Wildman–Crippen LogP) is 1.08. The van der Waals surface area contributed by atoms with Gasteiger partial charge >= 0.3 is 0 Å². The van der Waals surface area contributed by atoms with Gasteiger partial charge in [-0.25, -0.2) is 8.42 Å². The van der Waals surface area contributed by atoms with Crippen molar-refractivity contribution in [2.45, 2.75) is 32.2 Å². The van der Waals surface area contributed by atoms with E-state index in [2.05, 4.69) is 5.32 Å². The zero-order valence-corrected chi connectivity index (χ0v) is 13.3. The van der Waals surface area contributed by atoms with Crippen molar-refractivity contribution in [3.8, 4) is 0 Å². The first kappa shape index (κ1) is 16.0. The van der Waals surface area contributed by atoms with Crippen LogP contribution >= 0.6 is 0 Å². The molecule has 5 nitrogen and oxygen atoms in total. The van der Waals surface area contributed by atoms with Gasteiger partial charge in [-0.3, -0.25) is 4.79 Å². The molecule has 0 saturated carbocycles. The topological polar surface area (TPSA) is 66.5 Å². The highest BCUT2D eigenvalue weighted by atomic mass is 32.2. The van der Waals surface area contributed by atoms with Gasteiger partial charge in [0, 0.05) is 19.1 Å². The zero-order valence-electron chi connectivity index (χ0n) is 12.5. The summed E-state index contributed by atoms with van der Waals surface area (Å²) in [5.74, 6) is -0.0702. The van der Waals surface area contributed by atoms with Gasteiger partial charge in [0.15, 0.2) is 0 Å². The van der Waals surface area contributed by atoms with Gasteiger partial charge in [0.25, 0.3) is 0 Å². The Hall–Kier alpha value is -1.40. The number of carbonyl (C=O) groups is 1. The maximum atomic E-state index is 11.9. The van der Waals surface area contributed by atoms with Crippen molar-refractivity contribution < 1.29 is 13.2 Å². The Kier molecular flexibility index (Phi) is 5.00. The van der Waals surface area contributed by atoms with Crippen molar-refractivity contribution in [1.82, 2.24) is 9.62 Å². The van der Waals surface area contributed by atoms with E-state index in [0.717, 1.165) is 24.0 Å². The van der Waals surface area contributed by atoms with E-state index >= 15 is 0 Å². The van der Waals surface area contributed by atoms with Gasteiger partial charge in [0.05, 0.1) is 12.7 Å². The number of benzene rings is 1. The predicted molar refractivity (Wildman–Crippen MR) is 82.5 cm³/mol. The molecule has 0 bridgehead atoms. The van der Waals surface area contributed by atoms with Crippen LogP contribution in [0.25, 0.3) is 0 Å². The molecule has 1 aromatic rings. The molecule has 0 spiro atoms. The first-order valence-electron chi connectivity index (χ1n) is 7.15. The second kappa shape index (κ2) is 6.58. The molecule has 1 atom stereocenters. The number of hydrogen-bond acceptors (Lipinski definition) is 3. The number of aryl methyl sites for hydroxylation is 1. The number of amides is 1. The summed E-state index contributed by atoms with van der Waals surface area (Å²) in [6.45, 7) is 2.94. The Morgan fingerprint density at radius 3 is 2.62 bits per heavy atom. The molecule has 0 aliphatic carbocycles. The molecular formula is C15H22N2O3S. The number of hydrogen-bond donors (Lipinski definition) is 1. The maximum absolute atomic E-state index is 11.9. The fraction of sp³-hybridized carbons (Fsp3) is 0.533. The number of nitrogens with one attached hydrogen (secondary N) is 1. The van der Waals surface area contributed by atoms with Gasteiger partial charge in [-0.1, -0.05) is 29.8 Å². The molecule has 1 saturated heterocycles. The molecule has 0 aromatic heterocycles. The first-order chi connectivity index (χ1) is 9.86. The molecular weight excluding hydrogens is 288 g/mol. The van der Waals surface area contributed by atoms with Gasteiger partial charge in [0.1, 0.15) is 0 Å². The summed E-state index contributed by atoms with van der Waals surface area (Å²) in [5, 5.41) is 2.84. The van der Waals surface area contributed by atoms with Crippen LogP contribution in [-0.4, -0.2) is 44.0 Å². The molecule has 1 fully saturated rings. The average Bonchev–Trinajstić information content (AvgIpc) is 2.87. The molecule has 2 rings (SSSR count). The summed E-state index contributed by atoms with van der Waals surface area (Å²) >= 11 is 0. The fourth-order valence-electron chi connectivity index (χ4n) is 2.64. The highest BCUT2D eigenvalue weighted by molar-refractivity contribution is 7.88. The van der Waals surface area contributed by atoms with E-state index in [1.165, 1.54) is 10.6 Å². The molecule has 1 amide bonds. The van der Waals surface area contributed by atoms with Crippen LogP contribution in [-0.2, 0) is 21.2 Å². The minimum Gasteiger partial charge on any atom is -0.354 e. The van der Waals surface area contributed by atoms with Crippen LogP contribution < -0.4 is 5.32 Å². The van der Waals surface area contributed by atoms with Crippen molar-refractivity contribution in [3.63, 3.8) is 0 Å². The highest BCUT2D eigenvalue weighted by Crippen LogP contribution is 2.19. The van der Waals surface area contributed by atoms with Crippen molar-refractivity contribution in [3.05, 3.63) is 35.4 Å². The number of carbonyl (C=O) groups excluding carboxylic acids is 1. The number of rotatable bonds is 5. The minimum atomic E-state index is -3.18. The highest BCUT2D eigenvalue weighted by Gasteiger charge is 2.31. The molecule has 1 aliphatic heterocycles. The smallest absolute Gasteiger partial charge is 0.224 e. The molecule has 1 heterocycles. The van der Waals surface area contributed by atoms with Crippen LogP contribution in [0.15, 0.2) is 24.3 Å². The van der Waals surface area contributed by atoms with Crippen LogP contribution in [0.4, 0.5) is 0 Å². The van der Waals surface area contributed by atoms with E-state index in [9.17, 15) is 13.2 Å². The van der Waals surface area contributed by atoms with Crippen molar-refractivity contribution >= 4 is 15.9 Å². The quantitative estimate of drug-likeness (QED) is 0.885. The van der Waals surface area contributed by atoms with Crippen molar-refractivity contribution in [1.29, 1.82) is 0 Å². The normalized spacial score (nSPS) is 19.6. The Bertz CT molecular complexity index is 596. The lowest BCUT2D eigenvalue weighted by Crippen LogP contribution is -2.43. The van der Waals surface area contributed by atoms with Crippen LogP contribution in [0.5, 0.6) is 0 Å². The third-order valence-electron chi connectivity index (χ3n) is 3.77. The average molecular weight is 310 g/mol. The van der Waals surface area contributed by atoms with E-state index in [-0.39, 0.29) is 11.9 Å². The lowest BCUT2D eigenvalue weighted by atomic mass is 10.1. The molecule has 1 unspecified atom stereocenters. The lowest BCUT2D eigenvalue weighted by Gasteiger charge is -2.22. The van der Waals surface area contributed by atoms with Crippen LogP contribution in [0.3, 0.4) is 0 Å². The second-order valence-electron chi connectivity index (χ2n) is 5.64. The number of sulfonamides is 1. The fourth-order valence-corrected chi connectivity index (χ4v) is 3.82. The third-order valence-corrected chi connectivity index (χ3v) is 5.10. The molecule has 1 aliphatic rings. The van der Waals surface area contributed by atoms with Crippen molar-refractivity contribution in [2.24, 2.45) is 0 Å². The largest absolute Gasteiger partial charge is 0.354 e. The SMILES string of the molecule is Cc1ccc(CC(=O)NCC2CCCN2S(C)(=O)=O)cc1. The Morgan fingerprint density at radius 1 is 1.33 bits per heavy atom. The zero-order chi connectivity index (χ0) is 15.5. The monoisotopic (exact) mass is 310 g/mol. The minimum absolute atomic E-state index is 0.0702. The van der Waals surface area contributed by atoms with Gasteiger partial charge < -0.3 is 5.32 Å². The lowest BCUT2D eigenvalue weighted by molar-refractivity contribution is -0.120. The standard InChI is InChI=1S/C15H22N2O3S/c1-12-5-7-13(8-6-12)10-15(18)16-11-14-4-3-9-17(14)21(2,19)20/h5-8,14H,3-4,9-11H2,1-2H3,(H,16,18). The summed E-state index contributed by atoms with van der Waals surface area (Å²) in [5.41, 5.74) is 2.12. The van der Waals surface area contributed by atoms with Crippen LogP contribution in [0, 0.1) is 6.92 Å². The summed E-state index contributed by atoms with van der Waals surface area (Å²) in [7, 11) is -3.18. The molecule has 1 N–H and O–H groups in total. The summed E-state index contributed by atoms with van der Waals surface area (Å²) in [4.78, 5) is 11.9. The Labute approximate surface area is 126 Å². The Morgan fingerprint density at radius 2 is 2.00 bits per heavy atom. The van der Waals surface area contributed by atoms with Gasteiger partial charge in [-0.15, -0.1) is 0 Å². The number of nitrogens with zero attached hydrogens (tertiary/aromatic N) is 1. The summed E-state index contributed by atoms with van der Waals surface area (Å²) in [6, 6.07) is 7.72. The summed E-state index contributed by atoms with van der Waals surface area (Å²) in [6.07, 6.45) is 3.20. The molecule has 1 aromatic carbocycles. The third kappa shape index (κ3) is 4.54. The van der Waals surface area contributed by atoms with Gasteiger partial charge in [-0.2, -0.15) is 4.31 Å². The van der Waals surface area contributed by atoms with E-state index in [0.29, 0.717) is 19.5 Å². The summed E-state index contributed by atoms with van der Waals surface area (Å²) < 4.78 is 24.7. The van der Waals surface area contributed by atoms with E-state index in [1.807, 2.05) is 31.2 Å². The molecule has 6 heteroatoms. The van der Waals surface area contributed by atoms with Gasteiger partial charge in [0.2, 0.25) is 15.9 Å². The maximum Gasteiger partial charge on any atom is 0.224 e.